The Bertz CT molecular complexity index is 288. The standard InChI is InChI=1S/C7H8N2O2/c8-7(10)5-3-6(11-9-5)4-1-2-4/h3-4H,1-2H2,(H2,8,10). The summed E-state index contributed by atoms with van der Waals surface area (Å²) in [6.45, 7) is 0. The van der Waals surface area contributed by atoms with Crippen molar-refractivity contribution < 1.29 is 9.32 Å². The highest BCUT2D eigenvalue weighted by molar-refractivity contribution is 5.90. The molecule has 0 atom stereocenters. The molecule has 1 heterocycles. The molecule has 2 N–H and O–H groups in total. The van der Waals surface area contributed by atoms with Crippen LogP contribution in [0.1, 0.15) is 35.0 Å². The van der Waals surface area contributed by atoms with Crippen LogP contribution in [0.2, 0.25) is 0 Å². The monoisotopic (exact) mass is 152 g/mol. The summed E-state index contributed by atoms with van der Waals surface area (Å²) in [5.74, 6) is 0.745. The highest BCUT2D eigenvalue weighted by Gasteiger charge is 2.28. The van der Waals surface area contributed by atoms with Crippen LogP contribution in [0.3, 0.4) is 0 Å². The number of aromatic nitrogens is 1. The number of nitrogens with two attached hydrogens (primary N) is 1. The maximum absolute atomic E-state index is 10.6. The molecule has 2 rings (SSSR count). The molecule has 0 bridgehead atoms. The second-order valence-corrected chi connectivity index (χ2v) is 2.75. The van der Waals surface area contributed by atoms with Gasteiger partial charge < -0.3 is 10.3 Å². The van der Waals surface area contributed by atoms with E-state index in [1.54, 1.807) is 6.07 Å². The van der Waals surface area contributed by atoms with Gasteiger partial charge in [-0.1, -0.05) is 5.16 Å². The highest BCUT2D eigenvalue weighted by Crippen LogP contribution is 2.40. The lowest BCUT2D eigenvalue weighted by atomic mass is 10.3. The Morgan fingerprint density at radius 1 is 1.73 bits per heavy atom. The molecule has 1 amide bonds. The van der Waals surface area contributed by atoms with Crippen LogP contribution in [0.25, 0.3) is 0 Å². The molecule has 0 aromatic carbocycles. The Hall–Kier alpha value is -1.32. The van der Waals surface area contributed by atoms with Crippen LogP contribution in [-0.4, -0.2) is 11.1 Å². The average molecular weight is 152 g/mol. The van der Waals surface area contributed by atoms with Gasteiger partial charge in [-0.15, -0.1) is 0 Å². The third kappa shape index (κ3) is 1.11. The summed E-state index contributed by atoms with van der Waals surface area (Å²) >= 11 is 0. The molecule has 1 aliphatic carbocycles. The summed E-state index contributed by atoms with van der Waals surface area (Å²) in [5, 5.41) is 3.53. The molecule has 4 nitrogen and oxygen atoms in total. The minimum Gasteiger partial charge on any atom is -0.364 e. The molecule has 1 aromatic rings. The second kappa shape index (κ2) is 2.08. The molecule has 0 aliphatic heterocycles. The van der Waals surface area contributed by atoms with Gasteiger partial charge in [-0.2, -0.15) is 0 Å². The third-order valence-corrected chi connectivity index (χ3v) is 1.76. The Morgan fingerprint density at radius 3 is 2.91 bits per heavy atom. The Kier molecular flexibility index (Phi) is 1.21. The molecular formula is C7H8N2O2. The zero-order valence-corrected chi connectivity index (χ0v) is 5.91. The van der Waals surface area contributed by atoms with Gasteiger partial charge >= 0.3 is 0 Å². The fourth-order valence-electron chi connectivity index (χ4n) is 0.966. The summed E-state index contributed by atoms with van der Waals surface area (Å²) in [6.07, 6.45) is 2.26. The number of hydrogen-bond acceptors (Lipinski definition) is 3. The fraction of sp³-hybridized carbons (Fsp3) is 0.429. The number of carbonyl (C=O) groups is 1. The van der Waals surface area contributed by atoms with Crippen molar-refractivity contribution in [3.05, 3.63) is 17.5 Å². The van der Waals surface area contributed by atoms with Gasteiger partial charge in [-0.05, 0) is 12.8 Å². The van der Waals surface area contributed by atoms with Gasteiger partial charge in [0.05, 0.1) is 0 Å². The molecule has 4 heteroatoms. The van der Waals surface area contributed by atoms with Gasteiger partial charge in [0.2, 0.25) is 0 Å². The van der Waals surface area contributed by atoms with Crippen LogP contribution < -0.4 is 5.73 Å². The Morgan fingerprint density at radius 2 is 2.45 bits per heavy atom. The van der Waals surface area contributed by atoms with E-state index in [9.17, 15) is 4.79 Å². The van der Waals surface area contributed by atoms with E-state index in [4.69, 9.17) is 10.3 Å². The largest absolute Gasteiger partial charge is 0.364 e. The van der Waals surface area contributed by atoms with E-state index < -0.39 is 5.91 Å². The maximum atomic E-state index is 10.6. The van der Waals surface area contributed by atoms with Crippen LogP contribution >= 0.6 is 0 Å². The highest BCUT2D eigenvalue weighted by atomic mass is 16.5. The van der Waals surface area contributed by atoms with Crippen molar-refractivity contribution in [2.24, 2.45) is 5.73 Å². The summed E-state index contributed by atoms with van der Waals surface area (Å²) in [6, 6.07) is 1.62. The quantitative estimate of drug-likeness (QED) is 0.676. The Balaban J connectivity index is 2.25. The lowest BCUT2D eigenvalue weighted by Crippen LogP contribution is -2.10. The van der Waals surface area contributed by atoms with Gasteiger partial charge in [0.15, 0.2) is 5.69 Å². The summed E-state index contributed by atoms with van der Waals surface area (Å²) in [5.41, 5.74) is 5.21. The van der Waals surface area contributed by atoms with E-state index in [2.05, 4.69) is 5.16 Å². The van der Waals surface area contributed by atoms with Gasteiger partial charge in [0.25, 0.3) is 5.91 Å². The minimum absolute atomic E-state index is 0.229. The molecule has 0 saturated heterocycles. The topological polar surface area (TPSA) is 69.1 Å². The average Bonchev–Trinajstić information content (AvgIpc) is 2.68. The van der Waals surface area contributed by atoms with Gasteiger partial charge in [0, 0.05) is 12.0 Å². The predicted molar refractivity (Wildman–Crippen MR) is 37.0 cm³/mol. The molecular weight excluding hydrogens is 144 g/mol. The smallest absolute Gasteiger partial charge is 0.270 e. The van der Waals surface area contributed by atoms with Crippen LogP contribution in [0.4, 0.5) is 0 Å². The maximum Gasteiger partial charge on any atom is 0.270 e. The SMILES string of the molecule is NC(=O)c1cc(C2CC2)on1. The third-order valence-electron chi connectivity index (χ3n) is 1.76. The van der Waals surface area contributed by atoms with Crippen LogP contribution in [0.15, 0.2) is 10.6 Å². The van der Waals surface area contributed by atoms with Crippen molar-refractivity contribution in [1.29, 1.82) is 0 Å². The van der Waals surface area contributed by atoms with Crippen molar-refractivity contribution >= 4 is 5.91 Å². The van der Waals surface area contributed by atoms with E-state index in [1.165, 1.54) is 0 Å². The lowest BCUT2D eigenvalue weighted by Gasteiger charge is -1.80. The van der Waals surface area contributed by atoms with Crippen LogP contribution in [0, 0.1) is 0 Å². The summed E-state index contributed by atoms with van der Waals surface area (Å²) in [4.78, 5) is 10.6. The van der Waals surface area contributed by atoms with E-state index in [-0.39, 0.29) is 5.69 Å². The van der Waals surface area contributed by atoms with E-state index in [1.807, 2.05) is 0 Å². The molecule has 1 aliphatic rings. The molecule has 1 saturated carbocycles. The fourth-order valence-corrected chi connectivity index (χ4v) is 0.966. The van der Waals surface area contributed by atoms with Gasteiger partial charge in [0.1, 0.15) is 5.76 Å². The first kappa shape index (κ1) is 6.39. The van der Waals surface area contributed by atoms with Gasteiger partial charge in [-0.25, -0.2) is 0 Å². The number of hydrogen-bond donors (Lipinski definition) is 1. The second-order valence-electron chi connectivity index (χ2n) is 2.75. The molecule has 0 radical (unpaired) electrons. The molecule has 1 aromatic heterocycles. The minimum atomic E-state index is -0.527. The van der Waals surface area contributed by atoms with E-state index in [0.29, 0.717) is 5.92 Å². The first-order valence-electron chi connectivity index (χ1n) is 3.54. The lowest BCUT2D eigenvalue weighted by molar-refractivity contribution is 0.0991. The molecule has 58 valence electrons. The number of amides is 1. The van der Waals surface area contributed by atoms with Crippen LogP contribution in [-0.2, 0) is 0 Å². The molecule has 1 fully saturated rings. The van der Waals surface area contributed by atoms with Gasteiger partial charge in [-0.3, -0.25) is 4.79 Å². The van der Waals surface area contributed by atoms with E-state index >= 15 is 0 Å². The van der Waals surface area contributed by atoms with Crippen molar-refractivity contribution in [3.8, 4) is 0 Å². The van der Waals surface area contributed by atoms with Crippen molar-refractivity contribution in [2.45, 2.75) is 18.8 Å². The summed E-state index contributed by atoms with van der Waals surface area (Å²) in [7, 11) is 0. The first-order chi connectivity index (χ1) is 5.27. The molecule has 0 spiro atoms. The first-order valence-corrected chi connectivity index (χ1v) is 3.54. The number of carbonyl (C=O) groups excluding carboxylic acids is 1. The van der Waals surface area contributed by atoms with Crippen LogP contribution in [0.5, 0.6) is 0 Å². The summed E-state index contributed by atoms with van der Waals surface area (Å²) < 4.78 is 4.90. The Labute approximate surface area is 63.4 Å². The van der Waals surface area contributed by atoms with Crippen molar-refractivity contribution in [3.63, 3.8) is 0 Å². The zero-order chi connectivity index (χ0) is 7.84. The normalized spacial score (nSPS) is 16.7. The molecule has 11 heavy (non-hydrogen) atoms. The van der Waals surface area contributed by atoms with Crippen molar-refractivity contribution in [1.82, 2.24) is 5.16 Å². The number of rotatable bonds is 2. The predicted octanol–water partition coefficient (Wildman–Crippen LogP) is 0.651. The number of primary amides is 1. The zero-order valence-electron chi connectivity index (χ0n) is 5.91. The number of nitrogens with zero attached hydrogens (tertiary/aromatic N) is 1. The van der Waals surface area contributed by atoms with Crippen molar-refractivity contribution in [2.75, 3.05) is 0 Å². The molecule has 0 unspecified atom stereocenters. The van der Waals surface area contributed by atoms with E-state index in [0.717, 1.165) is 18.6 Å².